The van der Waals surface area contributed by atoms with Crippen LogP contribution < -0.4 is 5.32 Å². The molecule has 86 valence electrons. The number of aromatic nitrogens is 1. The molecule has 1 aromatic heterocycles. The molecule has 0 saturated carbocycles. The van der Waals surface area contributed by atoms with E-state index in [0.29, 0.717) is 12.0 Å². The number of nitrogens with one attached hydrogen (secondary N) is 2. The predicted octanol–water partition coefficient (Wildman–Crippen LogP) is 3.57. The lowest BCUT2D eigenvalue weighted by atomic mass is 10.0. The van der Waals surface area contributed by atoms with E-state index in [1.807, 2.05) is 7.05 Å². The van der Waals surface area contributed by atoms with Gasteiger partial charge in [0.15, 0.2) is 0 Å². The van der Waals surface area contributed by atoms with Gasteiger partial charge in [-0.25, -0.2) is 0 Å². The SMILES string of the molecule is CNC(C)c1cc2cc(C(C)C)ccc2[nH]1. The maximum atomic E-state index is 3.45. The van der Waals surface area contributed by atoms with Crippen LogP contribution in [-0.2, 0) is 0 Å². The van der Waals surface area contributed by atoms with Crippen LogP contribution in [0.3, 0.4) is 0 Å². The fraction of sp³-hybridized carbons (Fsp3) is 0.429. The summed E-state index contributed by atoms with van der Waals surface area (Å²) in [5, 5.41) is 4.56. The Kier molecular flexibility index (Phi) is 3.01. The molecule has 2 nitrogen and oxygen atoms in total. The number of rotatable bonds is 3. The highest BCUT2D eigenvalue weighted by atomic mass is 14.9. The van der Waals surface area contributed by atoms with Crippen molar-refractivity contribution < 1.29 is 0 Å². The van der Waals surface area contributed by atoms with Crippen molar-refractivity contribution in [1.29, 1.82) is 0 Å². The van der Waals surface area contributed by atoms with Gasteiger partial charge in [0.2, 0.25) is 0 Å². The fourth-order valence-corrected chi connectivity index (χ4v) is 1.92. The highest BCUT2D eigenvalue weighted by Gasteiger charge is 2.07. The van der Waals surface area contributed by atoms with Crippen LogP contribution in [0.2, 0.25) is 0 Å². The molecule has 1 heterocycles. The van der Waals surface area contributed by atoms with Crippen molar-refractivity contribution in [3.05, 3.63) is 35.5 Å². The van der Waals surface area contributed by atoms with E-state index in [4.69, 9.17) is 0 Å². The smallest absolute Gasteiger partial charge is 0.0456 e. The quantitative estimate of drug-likeness (QED) is 0.806. The zero-order chi connectivity index (χ0) is 11.7. The lowest BCUT2D eigenvalue weighted by molar-refractivity contribution is 0.638. The van der Waals surface area contributed by atoms with E-state index in [-0.39, 0.29) is 0 Å². The van der Waals surface area contributed by atoms with Gasteiger partial charge < -0.3 is 10.3 Å². The zero-order valence-corrected chi connectivity index (χ0v) is 10.5. The second-order valence-corrected chi connectivity index (χ2v) is 4.74. The molecule has 0 amide bonds. The Bertz CT molecular complexity index is 482. The number of benzene rings is 1. The number of H-pyrrole nitrogens is 1. The van der Waals surface area contributed by atoms with Gasteiger partial charge in [-0.3, -0.25) is 0 Å². The molecule has 0 spiro atoms. The summed E-state index contributed by atoms with van der Waals surface area (Å²) in [4.78, 5) is 3.45. The van der Waals surface area contributed by atoms with E-state index >= 15 is 0 Å². The summed E-state index contributed by atoms with van der Waals surface area (Å²) in [5.74, 6) is 0.587. The van der Waals surface area contributed by atoms with Gasteiger partial charge >= 0.3 is 0 Å². The minimum atomic E-state index is 0.370. The first-order chi connectivity index (χ1) is 7.61. The minimum Gasteiger partial charge on any atom is -0.357 e. The van der Waals surface area contributed by atoms with Crippen LogP contribution in [0.25, 0.3) is 10.9 Å². The molecule has 0 aliphatic carbocycles. The van der Waals surface area contributed by atoms with E-state index in [9.17, 15) is 0 Å². The van der Waals surface area contributed by atoms with Crippen molar-refractivity contribution in [3.8, 4) is 0 Å². The third kappa shape index (κ3) is 1.98. The predicted molar refractivity (Wildman–Crippen MR) is 69.9 cm³/mol. The number of hydrogen-bond donors (Lipinski definition) is 2. The van der Waals surface area contributed by atoms with Crippen LogP contribution >= 0.6 is 0 Å². The van der Waals surface area contributed by atoms with Crippen molar-refractivity contribution in [2.45, 2.75) is 32.7 Å². The molecule has 0 saturated heterocycles. The summed E-state index contributed by atoms with van der Waals surface area (Å²) in [6.07, 6.45) is 0. The Morgan fingerprint density at radius 2 is 1.88 bits per heavy atom. The lowest BCUT2D eigenvalue weighted by Crippen LogP contribution is -2.12. The summed E-state index contributed by atoms with van der Waals surface area (Å²) in [6.45, 7) is 6.62. The molecule has 2 N–H and O–H groups in total. The molecule has 1 unspecified atom stereocenters. The Hall–Kier alpha value is -1.28. The van der Waals surface area contributed by atoms with Crippen LogP contribution in [-0.4, -0.2) is 12.0 Å². The Morgan fingerprint density at radius 1 is 1.12 bits per heavy atom. The first-order valence-corrected chi connectivity index (χ1v) is 5.91. The molecule has 0 aliphatic heterocycles. The Labute approximate surface area is 97.1 Å². The Morgan fingerprint density at radius 3 is 2.50 bits per heavy atom. The number of fused-ring (bicyclic) bond motifs is 1. The second kappa shape index (κ2) is 4.30. The van der Waals surface area contributed by atoms with Crippen LogP contribution in [0.5, 0.6) is 0 Å². The van der Waals surface area contributed by atoms with Gasteiger partial charge in [0, 0.05) is 17.3 Å². The highest BCUT2D eigenvalue weighted by Crippen LogP contribution is 2.24. The average molecular weight is 216 g/mol. The van der Waals surface area contributed by atoms with E-state index in [2.05, 4.69) is 55.3 Å². The van der Waals surface area contributed by atoms with Crippen molar-refractivity contribution in [3.63, 3.8) is 0 Å². The monoisotopic (exact) mass is 216 g/mol. The average Bonchev–Trinajstić information content (AvgIpc) is 2.70. The van der Waals surface area contributed by atoms with Crippen LogP contribution in [0.1, 0.15) is 44.0 Å². The molecule has 0 fully saturated rings. The lowest BCUT2D eigenvalue weighted by Gasteiger charge is -2.05. The van der Waals surface area contributed by atoms with Gasteiger partial charge in [0.25, 0.3) is 0 Å². The third-order valence-corrected chi connectivity index (χ3v) is 3.23. The summed E-state index contributed by atoms with van der Waals surface area (Å²) < 4.78 is 0. The summed E-state index contributed by atoms with van der Waals surface area (Å²) in [6, 6.07) is 9.27. The van der Waals surface area contributed by atoms with Crippen LogP contribution in [0, 0.1) is 0 Å². The standard InChI is InChI=1S/C14H20N2/c1-9(2)11-5-6-13-12(7-11)8-14(16-13)10(3)15-4/h5-10,15-16H,1-4H3. The number of hydrogen-bond acceptors (Lipinski definition) is 1. The highest BCUT2D eigenvalue weighted by molar-refractivity contribution is 5.81. The van der Waals surface area contributed by atoms with Gasteiger partial charge in [-0.15, -0.1) is 0 Å². The van der Waals surface area contributed by atoms with Crippen molar-refractivity contribution in [2.24, 2.45) is 0 Å². The zero-order valence-electron chi connectivity index (χ0n) is 10.5. The van der Waals surface area contributed by atoms with E-state index in [0.717, 1.165) is 0 Å². The Balaban J connectivity index is 2.46. The molecule has 16 heavy (non-hydrogen) atoms. The summed E-state index contributed by atoms with van der Waals surface area (Å²) in [7, 11) is 1.98. The largest absolute Gasteiger partial charge is 0.357 e. The normalized spacial score (nSPS) is 13.6. The summed E-state index contributed by atoms with van der Waals surface area (Å²) >= 11 is 0. The maximum Gasteiger partial charge on any atom is 0.0456 e. The van der Waals surface area contributed by atoms with Crippen molar-refractivity contribution >= 4 is 10.9 Å². The van der Waals surface area contributed by atoms with E-state index < -0.39 is 0 Å². The van der Waals surface area contributed by atoms with Crippen LogP contribution in [0.15, 0.2) is 24.3 Å². The van der Waals surface area contributed by atoms with E-state index in [1.165, 1.54) is 22.2 Å². The van der Waals surface area contributed by atoms with Gasteiger partial charge in [-0.05, 0) is 49.0 Å². The van der Waals surface area contributed by atoms with Crippen LogP contribution in [0.4, 0.5) is 0 Å². The third-order valence-electron chi connectivity index (χ3n) is 3.23. The van der Waals surface area contributed by atoms with Crippen molar-refractivity contribution in [2.75, 3.05) is 7.05 Å². The molecule has 0 bridgehead atoms. The van der Waals surface area contributed by atoms with Gasteiger partial charge in [-0.2, -0.15) is 0 Å². The molecule has 2 rings (SSSR count). The fourth-order valence-electron chi connectivity index (χ4n) is 1.92. The second-order valence-electron chi connectivity index (χ2n) is 4.74. The molecule has 2 aromatic rings. The first-order valence-electron chi connectivity index (χ1n) is 5.91. The molecule has 1 aromatic carbocycles. The summed E-state index contributed by atoms with van der Waals surface area (Å²) in [5.41, 5.74) is 3.87. The molecule has 2 heteroatoms. The van der Waals surface area contributed by atoms with E-state index in [1.54, 1.807) is 0 Å². The molecular formula is C14H20N2. The van der Waals surface area contributed by atoms with Gasteiger partial charge in [0.1, 0.15) is 0 Å². The van der Waals surface area contributed by atoms with Gasteiger partial charge in [-0.1, -0.05) is 19.9 Å². The number of aromatic amines is 1. The molecule has 1 atom stereocenters. The van der Waals surface area contributed by atoms with Gasteiger partial charge in [0.05, 0.1) is 0 Å². The molecule has 0 radical (unpaired) electrons. The topological polar surface area (TPSA) is 27.8 Å². The molecule has 0 aliphatic rings. The molecular weight excluding hydrogens is 196 g/mol. The first kappa shape index (κ1) is 11.2. The maximum absolute atomic E-state index is 3.45. The van der Waals surface area contributed by atoms with Crippen molar-refractivity contribution in [1.82, 2.24) is 10.3 Å². The minimum absolute atomic E-state index is 0.370.